The van der Waals surface area contributed by atoms with E-state index in [4.69, 9.17) is 4.74 Å². The van der Waals surface area contributed by atoms with Crippen molar-refractivity contribution in [2.75, 3.05) is 6.61 Å². The molecular weight excluding hydrogens is 276 g/mol. The zero-order valence-electron chi connectivity index (χ0n) is 12.2. The monoisotopic (exact) mass is 294 g/mol. The van der Waals surface area contributed by atoms with E-state index in [1.165, 1.54) is 5.56 Å². The maximum Gasteiger partial charge on any atom is 0.119 e. The molecule has 0 bridgehead atoms. The van der Waals surface area contributed by atoms with Crippen LogP contribution in [0.25, 0.3) is 11.1 Å². The van der Waals surface area contributed by atoms with Gasteiger partial charge in [-0.3, -0.25) is 0 Å². The lowest BCUT2D eigenvalue weighted by Gasteiger charge is -2.13. The quantitative estimate of drug-likeness (QED) is 0.760. The van der Waals surface area contributed by atoms with Gasteiger partial charge in [-0.2, -0.15) is 0 Å². The van der Waals surface area contributed by atoms with Crippen molar-refractivity contribution < 1.29 is 9.84 Å². The molecule has 0 aliphatic rings. The summed E-state index contributed by atoms with van der Waals surface area (Å²) < 4.78 is 7.45. The Hall–Kier alpha value is -2.59. The first-order valence-electron chi connectivity index (χ1n) is 7.23. The number of hydrogen-bond acceptors (Lipinski definition) is 3. The van der Waals surface area contributed by atoms with Crippen LogP contribution in [0, 0.1) is 0 Å². The van der Waals surface area contributed by atoms with Crippen LogP contribution >= 0.6 is 0 Å². The zero-order valence-corrected chi connectivity index (χ0v) is 12.2. The van der Waals surface area contributed by atoms with E-state index < -0.39 is 6.10 Å². The van der Waals surface area contributed by atoms with Crippen LogP contribution in [0.5, 0.6) is 5.75 Å². The van der Waals surface area contributed by atoms with Gasteiger partial charge in [-0.05, 0) is 23.3 Å². The van der Waals surface area contributed by atoms with Gasteiger partial charge in [0.15, 0.2) is 0 Å². The Bertz CT molecular complexity index is 679. The Morgan fingerprint density at radius 2 is 1.73 bits per heavy atom. The van der Waals surface area contributed by atoms with Crippen LogP contribution in [-0.4, -0.2) is 27.4 Å². The fraction of sp³-hybridized carbons (Fsp3) is 0.167. The highest BCUT2D eigenvalue weighted by molar-refractivity contribution is 5.63. The van der Waals surface area contributed by atoms with Gasteiger partial charge >= 0.3 is 0 Å². The maximum atomic E-state index is 9.94. The summed E-state index contributed by atoms with van der Waals surface area (Å²) in [7, 11) is 0. The first-order chi connectivity index (χ1) is 10.8. The van der Waals surface area contributed by atoms with Gasteiger partial charge in [-0.15, -0.1) is 0 Å². The molecule has 1 N–H and O–H groups in total. The van der Waals surface area contributed by atoms with E-state index in [0.29, 0.717) is 6.54 Å². The van der Waals surface area contributed by atoms with Gasteiger partial charge in [0.25, 0.3) is 0 Å². The molecule has 4 heteroatoms. The molecule has 0 aliphatic carbocycles. The Kier molecular flexibility index (Phi) is 4.51. The number of nitrogens with zero attached hydrogens (tertiary/aromatic N) is 2. The summed E-state index contributed by atoms with van der Waals surface area (Å²) in [6.45, 7) is 0.727. The van der Waals surface area contributed by atoms with Gasteiger partial charge in [0.1, 0.15) is 18.5 Å². The predicted octanol–water partition coefficient (Wildman–Crippen LogP) is 2.99. The largest absolute Gasteiger partial charge is 0.491 e. The molecule has 0 aliphatic heterocycles. The number of benzene rings is 2. The number of hydrogen-bond donors (Lipinski definition) is 1. The number of aliphatic hydroxyl groups is 1. The van der Waals surface area contributed by atoms with Crippen LogP contribution in [0.3, 0.4) is 0 Å². The molecule has 0 fully saturated rings. The smallest absolute Gasteiger partial charge is 0.119 e. The second kappa shape index (κ2) is 6.91. The second-order valence-electron chi connectivity index (χ2n) is 5.11. The van der Waals surface area contributed by atoms with Gasteiger partial charge < -0.3 is 14.4 Å². The molecule has 0 radical (unpaired) electrons. The van der Waals surface area contributed by atoms with Crippen molar-refractivity contribution in [3.8, 4) is 16.9 Å². The molecular formula is C18H18N2O2. The first-order valence-corrected chi connectivity index (χ1v) is 7.23. The summed E-state index contributed by atoms with van der Waals surface area (Å²) in [6, 6.07) is 18.1. The van der Waals surface area contributed by atoms with Crippen molar-refractivity contribution in [3.63, 3.8) is 0 Å². The van der Waals surface area contributed by atoms with Crippen molar-refractivity contribution in [1.82, 2.24) is 9.55 Å². The Balaban J connectivity index is 1.55. The van der Waals surface area contributed by atoms with Gasteiger partial charge in [-0.25, -0.2) is 4.98 Å². The highest BCUT2D eigenvalue weighted by Gasteiger charge is 2.06. The van der Waals surface area contributed by atoms with E-state index >= 15 is 0 Å². The summed E-state index contributed by atoms with van der Waals surface area (Å²) in [4.78, 5) is 3.94. The lowest BCUT2D eigenvalue weighted by Crippen LogP contribution is -2.22. The molecule has 0 saturated heterocycles. The summed E-state index contributed by atoms with van der Waals surface area (Å²) >= 11 is 0. The van der Waals surface area contributed by atoms with Crippen molar-refractivity contribution in [2.45, 2.75) is 12.6 Å². The average Bonchev–Trinajstić information content (AvgIpc) is 3.07. The number of aromatic nitrogens is 2. The molecule has 0 spiro atoms. The SMILES string of the molecule is O[C@H](COc1ccc(-c2ccccc2)cc1)Cn1ccnc1. The van der Waals surface area contributed by atoms with Crippen LogP contribution in [0.2, 0.25) is 0 Å². The van der Waals surface area contributed by atoms with E-state index in [1.54, 1.807) is 12.5 Å². The topological polar surface area (TPSA) is 47.3 Å². The number of aliphatic hydroxyl groups excluding tert-OH is 1. The van der Waals surface area contributed by atoms with E-state index in [0.717, 1.165) is 11.3 Å². The molecule has 0 saturated carbocycles. The number of ether oxygens (including phenoxy) is 1. The molecule has 2 aromatic carbocycles. The Morgan fingerprint density at radius 1 is 1.00 bits per heavy atom. The van der Waals surface area contributed by atoms with E-state index in [-0.39, 0.29) is 6.61 Å². The normalized spacial score (nSPS) is 12.0. The average molecular weight is 294 g/mol. The molecule has 22 heavy (non-hydrogen) atoms. The van der Waals surface area contributed by atoms with Crippen molar-refractivity contribution in [3.05, 3.63) is 73.3 Å². The molecule has 112 valence electrons. The maximum absolute atomic E-state index is 9.94. The third kappa shape index (κ3) is 3.74. The second-order valence-corrected chi connectivity index (χ2v) is 5.11. The first kappa shape index (κ1) is 14.4. The molecule has 4 nitrogen and oxygen atoms in total. The lowest BCUT2D eigenvalue weighted by atomic mass is 10.1. The predicted molar refractivity (Wildman–Crippen MR) is 85.6 cm³/mol. The minimum atomic E-state index is -0.567. The summed E-state index contributed by atoms with van der Waals surface area (Å²) in [5.41, 5.74) is 2.32. The fourth-order valence-electron chi connectivity index (χ4n) is 2.26. The van der Waals surface area contributed by atoms with E-state index in [9.17, 15) is 5.11 Å². The minimum Gasteiger partial charge on any atom is -0.491 e. The minimum absolute atomic E-state index is 0.253. The van der Waals surface area contributed by atoms with Gasteiger partial charge in [0, 0.05) is 12.4 Å². The molecule has 3 rings (SSSR count). The van der Waals surface area contributed by atoms with Crippen molar-refractivity contribution in [1.29, 1.82) is 0 Å². The lowest BCUT2D eigenvalue weighted by molar-refractivity contribution is 0.0925. The van der Waals surface area contributed by atoms with E-state index in [2.05, 4.69) is 17.1 Å². The molecule has 1 heterocycles. The van der Waals surface area contributed by atoms with Gasteiger partial charge in [0.2, 0.25) is 0 Å². The highest BCUT2D eigenvalue weighted by atomic mass is 16.5. The standard InChI is InChI=1S/C18H18N2O2/c21-17(12-20-11-10-19-14-20)13-22-18-8-6-16(7-9-18)15-4-2-1-3-5-15/h1-11,14,17,21H,12-13H2/t17-/m0/s1. The van der Waals surface area contributed by atoms with Crippen LogP contribution in [0.15, 0.2) is 73.3 Å². The number of imidazole rings is 1. The Morgan fingerprint density at radius 3 is 2.41 bits per heavy atom. The third-order valence-corrected chi connectivity index (χ3v) is 3.38. The Labute approximate surface area is 129 Å². The van der Waals surface area contributed by atoms with Crippen LogP contribution < -0.4 is 4.74 Å². The molecule has 0 unspecified atom stereocenters. The molecule has 1 aromatic heterocycles. The van der Waals surface area contributed by atoms with Crippen LogP contribution in [-0.2, 0) is 6.54 Å². The number of rotatable bonds is 6. The van der Waals surface area contributed by atoms with Crippen molar-refractivity contribution in [2.24, 2.45) is 0 Å². The molecule has 1 atom stereocenters. The third-order valence-electron chi connectivity index (χ3n) is 3.38. The molecule has 0 amide bonds. The fourth-order valence-corrected chi connectivity index (χ4v) is 2.26. The summed E-state index contributed by atoms with van der Waals surface area (Å²) in [6.07, 6.45) is 4.62. The van der Waals surface area contributed by atoms with Crippen LogP contribution in [0.1, 0.15) is 0 Å². The summed E-state index contributed by atoms with van der Waals surface area (Å²) in [5, 5.41) is 9.94. The summed E-state index contributed by atoms with van der Waals surface area (Å²) in [5.74, 6) is 0.754. The van der Waals surface area contributed by atoms with Crippen molar-refractivity contribution >= 4 is 0 Å². The van der Waals surface area contributed by atoms with Gasteiger partial charge in [-0.1, -0.05) is 42.5 Å². The van der Waals surface area contributed by atoms with Gasteiger partial charge in [0.05, 0.1) is 12.9 Å². The van der Waals surface area contributed by atoms with E-state index in [1.807, 2.05) is 53.2 Å². The highest BCUT2D eigenvalue weighted by Crippen LogP contribution is 2.22. The van der Waals surface area contributed by atoms with Crippen LogP contribution in [0.4, 0.5) is 0 Å². The zero-order chi connectivity index (χ0) is 15.2. The molecule has 3 aromatic rings.